The normalized spacial score (nSPS) is 17.7. The number of hydrogen-bond donors (Lipinski definition) is 1. The van der Waals surface area contributed by atoms with E-state index >= 15 is 0 Å². The second kappa shape index (κ2) is 12.5. The van der Waals surface area contributed by atoms with Gasteiger partial charge in [0.05, 0.1) is 20.5 Å². The molecule has 1 heterocycles. The van der Waals surface area contributed by atoms with Gasteiger partial charge in [-0.3, -0.25) is 9.59 Å². The van der Waals surface area contributed by atoms with Crippen molar-refractivity contribution in [3.05, 3.63) is 35.0 Å². The SMILES string of the molecule is COc1c(/C=C2\NC(=O)[C@H](C/C=C/C[Si](C)(C)C)N(C(=O)OC(C)(C)C)C2=O)cc(OS(C)(=O)=O)c(OC)c1C. The molecule has 3 amide bonds. The largest absolute Gasteiger partial charge is 0.496 e. The summed E-state index contributed by atoms with van der Waals surface area (Å²) < 4.78 is 45.1. The van der Waals surface area contributed by atoms with Gasteiger partial charge in [0.2, 0.25) is 5.91 Å². The Bertz CT molecular complexity index is 1320. The fourth-order valence-corrected chi connectivity index (χ4v) is 5.26. The summed E-state index contributed by atoms with van der Waals surface area (Å²) in [6, 6.07) is 1.06. The van der Waals surface area contributed by atoms with Crippen LogP contribution in [0, 0.1) is 6.92 Å². The molecule has 1 N–H and O–H groups in total. The van der Waals surface area contributed by atoms with E-state index in [1.54, 1.807) is 33.8 Å². The van der Waals surface area contributed by atoms with E-state index in [0.29, 0.717) is 5.56 Å². The number of carbonyl (C=O) groups is 3. The van der Waals surface area contributed by atoms with E-state index in [2.05, 4.69) is 25.0 Å². The van der Waals surface area contributed by atoms with Crippen LogP contribution in [0.15, 0.2) is 23.9 Å². The molecule has 11 nitrogen and oxygen atoms in total. The summed E-state index contributed by atoms with van der Waals surface area (Å²) in [6.07, 6.45) is 5.09. The molecule has 222 valence electrons. The van der Waals surface area contributed by atoms with Crippen molar-refractivity contribution in [1.29, 1.82) is 0 Å². The molecule has 1 saturated heterocycles. The van der Waals surface area contributed by atoms with Gasteiger partial charge in [-0.2, -0.15) is 8.42 Å². The number of benzene rings is 1. The summed E-state index contributed by atoms with van der Waals surface area (Å²) in [6.45, 7) is 13.2. The summed E-state index contributed by atoms with van der Waals surface area (Å²) in [7, 11) is -2.58. The molecule has 1 atom stereocenters. The molecule has 1 fully saturated rings. The highest BCUT2D eigenvalue weighted by atomic mass is 32.2. The third-order valence-electron chi connectivity index (χ3n) is 5.57. The van der Waals surface area contributed by atoms with Gasteiger partial charge in [-0.15, -0.1) is 0 Å². The molecule has 1 aromatic rings. The molecule has 2 rings (SSSR count). The van der Waals surface area contributed by atoms with Gasteiger partial charge in [-0.1, -0.05) is 31.8 Å². The third kappa shape index (κ3) is 8.85. The quantitative estimate of drug-likeness (QED) is 0.192. The first-order valence-electron chi connectivity index (χ1n) is 12.7. The number of carbonyl (C=O) groups excluding carboxylic acids is 3. The van der Waals surface area contributed by atoms with Crippen LogP contribution in [0.5, 0.6) is 17.2 Å². The van der Waals surface area contributed by atoms with Crippen LogP contribution in [0.4, 0.5) is 4.79 Å². The number of imide groups is 1. The first kappa shape index (κ1) is 32.9. The Kier molecular flexibility index (Phi) is 10.2. The monoisotopic (exact) mass is 596 g/mol. The number of nitrogens with one attached hydrogen (secondary N) is 1. The minimum absolute atomic E-state index is 0.115. The topological polar surface area (TPSA) is 138 Å². The smallest absolute Gasteiger partial charge is 0.418 e. The molecular formula is C27H40N2O9SSi. The summed E-state index contributed by atoms with van der Waals surface area (Å²) in [5.74, 6) is -1.15. The molecule has 1 aliphatic heterocycles. The minimum Gasteiger partial charge on any atom is -0.496 e. The van der Waals surface area contributed by atoms with E-state index in [1.165, 1.54) is 26.4 Å². The summed E-state index contributed by atoms with van der Waals surface area (Å²) >= 11 is 0. The highest BCUT2D eigenvalue weighted by Gasteiger charge is 2.43. The number of nitrogens with zero attached hydrogens (tertiary/aromatic N) is 1. The van der Waals surface area contributed by atoms with Crippen molar-refractivity contribution in [2.45, 2.75) is 71.4 Å². The van der Waals surface area contributed by atoms with Crippen LogP contribution in [0.1, 0.15) is 38.3 Å². The van der Waals surface area contributed by atoms with Gasteiger partial charge >= 0.3 is 16.2 Å². The van der Waals surface area contributed by atoms with Crippen LogP contribution in [-0.2, 0) is 24.4 Å². The molecule has 0 unspecified atom stereocenters. The summed E-state index contributed by atoms with van der Waals surface area (Å²) in [4.78, 5) is 40.9. The average molecular weight is 597 g/mol. The molecule has 0 saturated carbocycles. The fourth-order valence-electron chi connectivity index (χ4n) is 3.94. The maximum atomic E-state index is 13.7. The number of rotatable bonds is 9. The Labute approximate surface area is 237 Å². The van der Waals surface area contributed by atoms with Crippen molar-refractivity contribution in [3.8, 4) is 17.2 Å². The van der Waals surface area contributed by atoms with Gasteiger partial charge in [-0.05, 0) is 52.3 Å². The Hall–Kier alpha value is -3.32. The fraction of sp³-hybridized carbons (Fsp3) is 0.519. The molecule has 40 heavy (non-hydrogen) atoms. The minimum atomic E-state index is -3.93. The molecule has 0 bridgehead atoms. The van der Waals surface area contributed by atoms with Crippen molar-refractivity contribution >= 4 is 42.2 Å². The van der Waals surface area contributed by atoms with Crippen LogP contribution in [0.25, 0.3) is 6.08 Å². The lowest BCUT2D eigenvalue weighted by atomic mass is 10.0. The van der Waals surface area contributed by atoms with Gasteiger partial charge in [0.15, 0.2) is 11.5 Å². The maximum absolute atomic E-state index is 13.7. The van der Waals surface area contributed by atoms with Gasteiger partial charge in [0.25, 0.3) is 5.91 Å². The Morgan fingerprint density at radius 1 is 1.10 bits per heavy atom. The average Bonchev–Trinajstić information content (AvgIpc) is 2.76. The lowest BCUT2D eigenvalue weighted by molar-refractivity contribution is -0.141. The zero-order valence-electron chi connectivity index (χ0n) is 24.8. The highest BCUT2D eigenvalue weighted by molar-refractivity contribution is 7.86. The van der Waals surface area contributed by atoms with Crippen LogP contribution in [-0.4, -0.2) is 71.4 Å². The maximum Gasteiger partial charge on any atom is 0.418 e. The lowest BCUT2D eigenvalue weighted by Crippen LogP contribution is -2.59. The van der Waals surface area contributed by atoms with Crippen molar-refractivity contribution in [1.82, 2.24) is 10.2 Å². The van der Waals surface area contributed by atoms with E-state index in [9.17, 15) is 22.8 Å². The third-order valence-corrected chi connectivity index (χ3v) is 7.51. The second-order valence-corrected chi connectivity index (χ2v) is 18.7. The lowest BCUT2D eigenvalue weighted by Gasteiger charge is -2.35. The van der Waals surface area contributed by atoms with Crippen LogP contribution < -0.4 is 19.0 Å². The molecular weight excluding hydrogens is 556 g/mol. The summed E-state index contributed by atoms with van der Waals surface area (Å²) in [5.41, 5.74) is -0.546. The summed E-state index contributed by atoms with van der Waals surface area (Å²) in [5, 5.41) is 2.59. The van der Waals surface area contributed by atoms with Crippen molar-refractivity contribution in [3.63, 3.8) is 0 Å². The molecule has 0 aromatic heterocycles. The van der Waals surface area contributed by atoms with E-state index < -0.39 is 47.7 Å². The van der Waals surface area contributed by atoms with Crippen molar-refractivity contribution in [2.24, 2.45) is 0 Å². The van der Waals surface area contributed by atoms with E-state index in [-0.39, 0.29) is 34.9 Å². The number of piperazine rings is 1. The van der Waals surface area contributed by atoms with Crippen LogP contribution in [0.2, 0.25) is 25.7 Å². The number of allylic oxidation sites excluding steroid dienone is 1. The second-order valence-electron chi connectivity index (χ2n) is 11.6. The Morgan fingerprint density at radius 2 is 1.70 bits per heavy atom. The zero-order chi connectivity index (χ0) is 30.6. The van der Waals surface area contributed by atoms with E-state index in [4.69, 9.17) is 18.4 Å². The van der Waals surface area contributed by atoms with Crippen LogP contribution in [0.3, 0.4) is 0 Å². The first-order valence-corrected chi connectivity index (χ1v) is 18.2. The predicted octanol–water partition coefficient (Wildman–Crippen LogP) is 4.24. The van der Waals surface area contributed by atoms with Gasteiger partial charge in [0.1, 0.15) is 23.1 Å². The molecule has 13 heteroatoms. The van der Waals surface area contributed by atoms with Gasteiger partial charge in [0, 0.05) is 19.2 Å². The molecule has 0 spiro atoms. The molecule has 0 radical (unpaired) electrons. The van der Waals surface area contributed by atoms with E-state index in [1.807, 2.05) is 6.08 Å². The molecule has 1 aliphatic rings. The zero-order valence-corrected chi connectivity index (χ0v) is 26.6. The number of ether oxygens (including phenoxy) is 3. The number of amides is 3. The molecule has 1 aromatic carbocycles. The first-order chi connectivity index (χ1) is 18.3. The highest BCUT2D eigenvalue weighted by Crippen LogP contribution is 2.41. The van der Waals surface area contributed by atoms with Gasteiger partial charge < -0.3 is 23.7 Å². The van der Waals surface area contributed by atoms with Crippen molar-refractivity contribution in [2.75, 3.05) is 20.5 Å². The standard InChI is InChI=1S/C27H40N2O9SSi/c1-17-22(35-5)18(16-21(23(17)36-6)38-39(7,33)34)15-19-25(31)29(26(32)37-27(2,3)4)20(24(30)28-19)13-11-12-14-40(8,9)10/h11-12,15-16,20H,13-14H2,1-10H3,(H,28,30)/b12-11+,19-15-/t20-/m0/s1. The van der Waals surface area contributed by atoms with Crippen molar-refractivity contribution < 1.29 is 41.2 Å². The Balaban J connectivity index is 2.61. The van der Waals surface area contributed by atoms with Crippen LogP contribution >= 0.6 is 0 Å². The van der Waals surface area contributed by atoms with E-state index in [0.717, 1.165) is 17.2 Å². The van der Waals surface area contributed by atoms with Gasteiger partial charge in [-0.25, -0.2) is 9.69 Å². The Morgan fingerprint density at radius 3 is 2.20 bits per heavy atom. The number of hydrogen-bond acceptors (Lipinski definition) is 9. The number of methoxy groups -OCH3 is 2. The molecule has 0 aliphatic carbocycles. The predicted molar refractivity (Wildman–Crippen MR) is 155 cm³/mol.